The van der Waals surface area contributed by atoms with Gasteiger partial charge in [0.15, 0.2) is 0 Å². The molecule has 4 N–H and O–H groups in total. The second-order valence-corrected chi connectivity index (χ2v) is 3.23. The maximum atomic E-state index is 8.79. The topological polar surface area (TPSA) is 102 Å². The van der Waals surface area contributed by atoms with Crippen molar-refractivity contribution in [3.63, 3.8) is 0 Å². The molecule has 1 aromatic carbocycles. The molecule has 0 fully saturated rings. The van der Waals surface area contributed by atoms with Gasteiger partial charge in [0, 0.05) is 11.6 Å². The van der Waals surface area contributed by atoms with Crippen LogP contribution in [0, 0.1) is 11.3 Å². The predicted molar refractivity (Wildman–Crippen MR) is 61.0 cm³/mol. The van der Waals surface area contributed by atoms with Gasteiger partial charge in [-0.2, -0.15) is 10.2 Å². The zero-order valence-corrected chi connectivity index (χ0v) is 8.38. The summed E-state index contributed by atoms with van der Waals surface area (Å²) in [5, 5.41) is 8.79. The average molecular weight is 211 g/mol. The van der Waals surface area contributed by atoms with Gasteiger partial charge in [0.25, 0.3) is 0 Å². The highest BCUT2D eigenvalue weighted by atomic mass is 15.0. The Morgan fingerprint density at radius 2 is 1.94 bits per heavy atom. The van der Waals surface area contributed by atoms with Crippen LogP contribution in [0.4, 0.5) is 11.8 Å². The summed E-state index contributed by atoms with van der Waals surface area (Å²) in [6, 6.07) is 10.7. The zero-order chi connectivity index (χ0) is 11.5. The number of benzene rings is 1. The Hall–Kier alpha value is -2.61. The number of rotatable bonds is 1. The number of nitrogens with two attached hydrogens (primary N) is 2. The largest absolute Gasteiger partial charge is 0.384 e. The van der Waals surface area contributed by atoms with Crippen molar-refractivity contribution in [3.05, 3.63) is 35.9 Å². The van der Waals surface area contributed by atoms with Crippen LogP contribution in [0.2, 0.25) is 0 Å². The molecule has 0 aliphatic heterocycles. The van der Waals surface area contributed by atoms with E-state index in [1.54, 1.807) is 24.3 Å². The van der Waals surface area contributed by atoms with Crippen molar-refractivity contribution in [1.82, 2.24) is 9.97 Å². The van der Waals surface area contributed by atoms with Crippen molar-refractivity contribution in [2.75, 3.05) is 11.5 Å². The van der Waals surface area contributed by atoms with Crippen LogP contribution < -0.4 is 11.5 Å². The van der Waals surface area contributed by atoms with Gasteiger partial charge < -0.3 is 11.5 Å². The Bertz CT molecular complexity index is 551. The summed E-state index contributed by atoms with van der Waals surface area (Å²) in [6.45, 7) is 0. The molecule has 0 bridgehead atoms. The molecule has 0 atom stereocenters. The third kappa shape index (κ3) is 1.91. The fourth-order valence-corrected chi connectivity index (χ4v) is 1.38. The highest BCUT2D eigenvalue weighted by Crippen LogP contribution is 2.20. The van der Waals surface area contributed by atoms with Gasteiger partial charge in [-0.05, 0) is 12.1 Å². The molecular formula is C11H9N5. The number of nitriles is 1. The molecular weight excluding hydrogens is 202 g/mol. The molecule has 5 nitrogen and oxygen atoms in total. The molecule has 0 aliphatic rings. The van der Waals surface area contributed by atoms with Crippen LogP contribution in [0.3, 0.4) is 0 Å². The van der Waals surface area contributed by atoms with E-state index < -0.39 is 0 Å². The first kappa shape index (κ1) is 9.93. The Morgan fingerprint density at radius 1 is 1.12 bits per heavy atom. The SMILES string of the molecule is N#Cc1cccc(-c2cc(N)nc(N)n2)c1. The summed E-state index contributed by atoms with van der Waals surface area (Å²) in [5.41, 5.74) is 13.0. The van der Waals surface area contributed by atoms with Gasteiger partial charge in [-0.3, -0.25) is 0 Å². The summed E-state index contributed by atoms with van der Waals surface area (Å²) in [7, 11) is 0. The molecule has 0 saturated carbocycles. The van der Waals surface area contributed by atoms with E-state index in [9.17, 15) is 0 Å². The Labute approximate surface area is 92.4 Å². The van der Waals surface area contributed by atoms with Crippen molar-refractivity contribution >= 4 is 11.8 Å². The van der Waals surface area contributed by atoms with Crippen LogP contribution in [0.1, 0.15) is 5.56 Å². The van der Waals surface area contributed by atoms with Gasteiger partial charge in [-0.1, -0.05) is 12.1 Å². The minimum atomic E-state index is 0.123. The monoisotopic (exact) mass is 211 g/mol. The maximum Gasteiger partial charge on any atom is 0.222 e. The minimum absolute atomic E-state index is 0.123. The van der Waals surface area contributed by atoms with Gasteiger partial charge in [0.2, 0.25) is 5.95 Å². The van der Waals surface area contributed by atoms with Gasteiger partial charge in [0.05, 0.1) is 17.3 Å². The number of anilines is 2. The summed E-state index contributed by atoms with van der Waals surface area (Å²) >= 11 is 0. The average Bonchev–Trinajstić information content (AvgIpc) is 2.28. The van der Waals surface area contributed by atoms with Crippen molar-refractivity contribution in [1.29, 1.82) is 5.26 Å². The molecule has 2 rings (SSSR count). The number of aromatic nitrogens is 2. The standard InChI is InChI=1S/C11H9N5/c12-6-7-2-1-3-8(4-7)9-5-10(13)16-11(14)15-9/h1-5H,(H4,13,14,15,16). The van der Waals surface area contributed by atoms with Crippen LogP contribution in [-0.4, -0.2) is 9.97 Å². The van der Waals surface area contributed by atoms with E-state index >= 15 is 0 Å². The molecule has 1 aromatic heterocycles. The van der Waals surface area contributed by atoms with Crippen LogP contribution in [0.15, 0.2) is 30.3 Å². The molecule has 2 aromatic rings. The summed E-state index contributed by atoms with van der Waals surface area (Å²) < 4.78 is 0. The van der Waals surface area contributed by atoms with Crippen LogP contribution in [-0.2, 0) is 0 Å². The van der Waals surface area contributed by atoms with Gasteiger partial charge in [-0.25, -0.2) is 4.98 Å². The zero-order valence-electron chi connectivity index (χ0n) is 8.38. The lowest BCUT2D eigenvalue weighted by Crippen LogP contribution is -2.00. The lowest BCUT2D eigenvalue weighted by Gasteiger charge is -2.03. The number of hydrogen-bond acceptors (Lipinski definition) is 5. The van der Waals surface area contributed by atoms with Crippen molar-refractivity contribution in [2.45, 2.75) is 0 Å². The smallest absolute Gasteiger partial charge is 0.222 e. The van der Waals surface area contributed by atoms with E-state index in [1.165, 1.54) is 0 Å². The van der Waals surface area contributed by atoms with E-state index in [0.717, 1.165) is 5.56 Å². The fourth-order valence-electron chi connectivity index (χ4n) is 1.38. The Morgan fingerprint density at radius 3 is 2.62 bits per heavy atom. The van der Waals surface area contributed by atoms with E-state index in [1.807, 2.05) is 6.07 Å². The molecule has 0 spiro atoms. The number of hydrogen-bond donors (Lipinski definition) is 2. The summed E-state index contributed by atoms with van der Waals surface area (Å²) in [5.74, 6) is 0.433. The highest BCUT2D eigenvalue weighted by molar-refractivity contribution is 5.64. The van der Waals surface area contributed by atoms with Crippen LogP contribution in [0.5, 0.6) is 0 Å². The number of nitrogen functional groups attached to an aromatic ring is 2. The van der Waals surface area contributed by atoms with E-state index in [-0.39, 0.29) is 5.95 Å². The molecule has 5 heteroatoms. The minimum Gasteiger partial charge on any atom is -0.384 e. The van der Waals surface area contributed by atoms with Gasteiger partial charge in [-0.15, -0.1) is 0 Å². The summed E-state index contributed by atoms with van der Waals surface area (Å²) in [4.78, 5) is 7.84. The highest BCUT2D eigenvalue weighted by Gasteiger charge is 2.03. The molecule has 1 heterocycles. The molecule has 0 unspecified atom stereocenters. The van der Waals surface area contributed by atoms with Crippen molar-refractivity contribution < 1.29 is 0 Å². The second-order valence-electron chi connectivity index (χ2n) is 3.23. The second kappa shape index (κ2) is 3.87. The summed E-state index contributed by atoms with van der Waals surface area (Å²) in [6.07, 6.45) is 0. The molecule has 78 valence electrons. The molecule has 0 aliphatic carbocycles. The first-order valence-electron chi connectivity index (χ1n) is 4.59. The van der Waals surface area contributed by atoms with E-state index in [2.05, 4.69) is 16.0 Å². The lowest BCUT2D eigenvalue weighted by molar-refractivity contribution is 1.20. The van der Waals surface area contributed by atoms with Gasteiger partial charge >= 0.3 is 0 Å². The molecule has 0 amide bonds. The molecule has 0 saturated heterocycles. The van der Waals surface area contributed by atoms with Crippen molar-refractivity contribution in [2.24, 2.45) is 0 Å². The van der Waals surface area contributed by atoms with Crippen LogP contribution >= 0.6 is 0 Å². The normalized spacial score (nSPS) is 9.69. The van der Waals surface area contributed by atoms with Crippen LogP contribution in [0.25, 0.3) is 11.3 Å². The van der Waals surface area contributed by atoms with Gasteiger partial charge in [0.1, 0.15) is 5.82 Å². The Kier molecular flexibility index (Phi) is 2.40. The predicted octanol–water partition coefficient (Wildman–Crippen LogP) is 1.18. The molecule has 16 heavy (non-hydrogen) atoms. The van der Waals surface area contributed by atoms with E-state index in [0.29, 0.717) is 17.1 Å². The first-order valence-corrected chi connectivity index (χ1v) is 4.59. The number of nitrogens with zero attached hydrogens (tertiary/aromatic N) is 3. The maximum absolute atomic E-state index is 8.79. The quantitative estimate of drug-likeness (QED) is 0.737. The first-order chi connectivity index (χ1) is 7.69. The third-order valence-corrected chi connectivity index (χ3v) is 2.05. The van der Waals surface area contributed by atoms with E-state index in [4.69, 9.17) is 16.7 Å². The lowest BCUT2D eigenvalue weighted by atomic mass is 10.1. The molecule has 0 radical (unpaired) electrons. The fraction of sp³-hybridized carbons (Fsp3) is 0. The Balaban J connectivity index is 2.54. The van der Waals surface area contributed by atoms with Crippen molar-refractivity contribution in [3.8, 4) is 17.3 Å². The third-order valence-electron chi connectivity index (χ3n) is 2.05.